The second-order valence-corrected chi connectivity index (χ2v) is 5.40. The van der Waals surface area contributed by atoms with Gasteiger partial charge in [-0.05, 0) is 31.0 Å². The minimum Gasteiger partial charge on any atom is -0.376 e. The normalized spacial score (nSPS) is 22.4. The third kappa shape index (κ3) is 2.25. The Balaban J connectivity index is 2.03. The molecule has 1 saturated heterocycles. The van der Waals surface area contributed by atoms with Gasteiger partial charge in [0.05, 0.1) is 17.7 Å². The van der Waals surface area contributed by atoms with Crippen LogP contribution in [-0.4, -0.2) is 30.8 Å². The minimum absolute atomic E-state index is 0.245. The SMILES string of the molecule is CC1OCCC1N(C)c1cc(CN)c2ccccc2n1. The Hall–Kier alpha value is -1.65. The molecule has 2 aromatic rings. The summed E-state index contributed by atoms with van der Waals surface area (Å²) in [7, 11) is 2.09. The van der Waals surface area contributed by atoms with Crippen LogP contribution in [0.25, 0.3) is 10.9 Å². The first-order chi connectivity index (χ1) is 9.70. The number of benzene rings is 1. The highest BCUT2D eigenvalue weighted by Gasteiger charge is 2.28. The molecule has 2 atom stereocenters. The lowest BCUT2D eigenvalue weighted by molar-refractivity contribution is 0.118. The molecule has 0 spiro atoms. The molecule has 1 fully saturated rings. The number of hydrogen-bond acceptors (Lipinski definition) is 4. The first-order valence-corrected chi connectivity index (χ1v) is 7.14. The zero-order chi connectivity index (χ0) is 14.1. The van der Waals surface area contributed by atoms with Gasteiger partial charge in [-0.3, -0.25) is 0 Å². The molecule has 3 rings (SSSR count). The fourth-order valence-corrected chi connectivity index (χ4v) is 2.98. The Morgan fingerprint density at radius 1 is 1.40 bits per heavy atom. The van der Waals surface area contributed by atoms with Crippen LogP contribution in [0.4, 0.5) is 5.82 Å². The van der Waals surface area contributed by atoms with Gasteiger partial charge in [-0.2, -0.15) is 0 Å². The van der Waals surface area contributed by atoms with E-state index in [4.69, 9.17) is 15.5 Å². The predicted molar refractivity (Wildman–Crippen MR) is 81.9 cm³/mol. The van der Waals surface area contributed by atoms with Crippen molar-refractivity contribution in [3.05, 3.63) is 35.9 Å². The predicted octanol–water partition coefficient (Wildman–Crippen LogP) is 2.31. The Kier molecular flexibility index (Phi) is 3.59. The van der Waals surface area contributed by atoms with Crippen LogP contribution in [-0.2, 0) is 11.3 Å². The molecule has 0 radical (unpaired) electrons. The summed E-state index contributed by atoms with van der Waals surface area (Å²) >= 11 is 0. The van der Waals surface area contributed by atoms with E-state index in [9.17, 15) is 0 Å². The lowest BCUT2D eigenvalue weighted by Gasteiger charge is -2.28. The van der Waals surface area contributed by atoms with Crippen LogP contribution in [0.3, 0.4) is 0 Å². The van der Waals surface area contributed by atoms with Gasteiger partial charge in [0.15, 0.2) is 0 Å². The van der Waals surface area contributed by atoms with E-state index in [-0.39, 0.29) is 6.10 Å². The molecule has 1 aromatic heterocycles. The summed E-state index contributed by atoms with van der Waals surface area (Å²) in [5.41, 5.74) is 8.04. The number of nitrogens with zero attached hydrogens (tertiary/aromatic N) is 2. The highest BCUT2D eigenvalue weighted by atomic mass is 16.5. The van der Waals surface area contributed by atoms with Crippen molar-refractivity contribution in [2.75, 3.05) is 18.6 Å². The molecule has 2 unspecified atom stereocenters. The zero-order valence-electron chi connectivity index (χ0n) is 12.0. The highest BCUT2D eigenvalue weighted by molar-refractivity contribution is 5.84. The number of nitrogens with two attached hydrogens (primary N) is 1. The first kappa shape index (κ1) is 13.3. The number of likely N-dealkylation sites (N-methyl/N-ethyl adjacent to an activating group) is 1. The molecule has 1 aromatic carbocycles. The molecule has 0 bridgehead atoms. The molecule has 0 aliphatic carbocycles. The Labute approximate surface area is 119 Å². The van der Waals surface area contributed by atoms with Gasteiger partial charge >= 0.3 is 0 Å². The fraction of sp³-hybridized carbons (Fsp3) is 0.438. The van der Waals surface area contributed by atoms with E-state index in [2.05, 4.69) is 31.0 Å². The monoisotopic (exact) mass is 271 g/mol. The molecule has 106 valence electrons. The van der Waals surface area contributed by atoms with Crippen LogP contribution >= 0.6 is 0 Å². The molecule has 0 saturated carbocycles. The summed E-state index contributed by atoms with van der Waals surface area (Å²) in [6, 6.07) is 10.7. The number of pyridine rings is 1. The first-order valence-electron chi connectivity index (χ1n) is 7.14. The Morgan fingerprint density at radius 2 is 2.20 bits per heavy atom. The fourth-order valence-electron chi connectivity index (χ4n) is 2.98. The van der Waals surface area contributed by atoms with Gasteiger partial charge in [-0.25, -0.2) is 4.98 Å². The summed E-state index contributed by atoms with van der Waals surface area (Å²) in [4.78, 5) is 7.00. The topological polar surface area (TPSA) is 51.4 Å². The molecule has 4 heteroatoms. The molecule has 2 N–H and O–H groups in total. The maximum absolute atomic E-state index is 5.89. The van der Waals surface area contributed by atoms with Crippen molar-refractivity contribution in [2.45, 2.75) is 32.0 Å². The van der Waals surface area contributed by atoms with Crippen LogP contribution in [0.15, 0.2) is 30.3 Å². The van der Waals surface area contributed by atoms with Gasteiger partial charge in [0.2, 0.25) is 0 Å². The van der Waals surface area contributed by atoms with Crippen molar-refractivity contribution >= 4 is 16.7 Å². The van der Waals surface area contributed by atoms with E-state index in [1.54, 1.807) is 0 Å². The largest absolute Gasteiger partial charge is 0.376 e. The third-order valence-corrected chi connectivity index (χ3v) is 4.20. The molecular formula is C16H21N3O. The van der Waals surface area contributed by atoms with E-state index in [0.29, 0.717) is 12.6 Å². The number of rotatable bonds is 3. The number of fused-ring (bicyclic) bond motifs is 1. The Morgan fingerprint density at radius 3 is 2.90 bits per heavy atom. The zero-order valence-corrected chi connectivity index (χ0v) is 12.0. The molecule has 4 nitrogen and oxygen atoms in total. The third-order valence-electron chi connectivity index (χ3n) is 4.20. The average molecular weight is 271 g/mol. The van der Waals surface area contributed by atoms with Gasteiger partial charge in [0.1, 0.15) is 5.82 Å². The molecule has 2 heterocycles. The van der Waals surface area contributed by atoms with Crippen molar-refractivity contribution in [3.63, 3.8) is 0 Å². The van der Waals surface area contributed by atoms with Crippen LogP contribution in [0.2, 0.25) is 0 Å². The van der Waals surface area contributed by atoms with Crippen molar-refractivity contribution in [1.82, 2.24) is 4.98 Å². The highest BCUT2D eigenvalue weighted by Crippen LogP contribution is 2.27. The number of ether oxygens (including phenoxy) is 1. The van der Waals surface area contributed by atoms with Crippen LogP contribution in [0, 0.1) is 0 Å². The quantitative estimate of drug-likeness (QED) is 0.930. The van der Waals surface area contributed by atoms with Crippen molar-refractivity contribution < 1.29 is 4.74 Å². The van der Waals surface area contributed by atoms with Crippen LogP contribution in [0.1, 0.15) is 18.9 Å². The second kappa shape index (κ2) is 5.38. The maximum atomic E-state index is 5.89. The summed E-state index contributed by atoms with van der Waals surface area (Å²) in [5, 5.41) is 1.14. The van der Waals surface area contributed by atoms with E-state index in [0.717, 1.165) is 35.3 Å². The summed E-state index contributed by atoms with van der Waals surface area (Å²) in [6.07, 6.45) is 1.29. The molecular weight excluding hydrogens is 250 g/mol. The summed E-state index contributed by atoms with van der Waals surface area (Å²) in [6.45, 7) is 3.48. The summed E-state index contributed by atoms with van der Waals surface area (Å²) in [5.74, 6) is 0.978. The van der Waals surface area contributed by atoms with Gasteiger partial charge in [0.25, 0.3) is 0 Å². The number of anilines is 1. The van der Waals surface area contributed by atoms with E-state index >= 15 is 0 Å². The van der Waals surface area contributed by atoms with E-state index < -0.39 is 0 Å². The van der Waals surface area contributed by atoms with Crippen molar-refractivity contribution in [3.8, 4) is 0 Å². The van der Waals surface area contributed by atoms with Crippen LogP contribution < -0.4 is 10.6 Å². The maximum Gasteiger partial charge on any atom is 0.129 e. The van der Waals surface area contributed by atoms with Gasteiger partial charge in [-0.1, -0.05) is 18.2 Å². The van der Waals surface area contributed by atoms with Gasteiger partial charge < -0.3 is 15.4 Å². The molecule has 1 aliphatic rings. The number of para-hydroxylation sites is 1. The minimum atomic E-state index is 0.245. The summed E-state index contributed by atoms with van der Waals surface area (Å²) < 4.78 is 5.66. The Bertz CT molecular complexity index is 614. The average Bonchev–Trinajstić information content (AvgIpc) is 2.91. The molecule has 0 amide bonds. The van der Waals surface area contributed by atoms with Gasteiger partial charge in [0, 0.05) is 25.6 Å². The lowest BCUT2D eigenvalue weighted by Crippen LogP contribution is -2.37. The molecule has 1 aliphatic heterocycles. The standard InChI is InChI=1S/C16H21N3O/c1-11-15(7-8-20-11)19(2)16-9-12(10-17)13-5-3-4-6-14(13)18-16/h3-6,9,11,15H,7-8,10,17H2,1-2H3. The van der Waals surface area contributed by atoms with Gasteiger partial charge in [-0.15, -0.1) is 0 Å². The molecule has 20 heavy (non-hydrogen) atoms. The van der Waals surface area contributed by atoms with E-state index in [1.807, 2.05) is 18.2 Å². The lowest BCUT2D eigenvalue weighted by atomic mass is 10.1. The van der Waals surface area contributed by atoms with E-state index in [1.165, 1.54) is 0 Å². The van der Waals surface area contributed by atoms with Crippen molar-refractivity contribution in [1.29, 1.82) is 0 Å². The second-order valence-electron chi connectivity index (χ2n) is 5.40. The smallest absolute Gasteiger partial charge is 0.129 e. The van der Waals surface area contributed by atoms with Crippen molar-refractivity contribution in [2.24, 2.45) is 5.73 Å². The number of hydrogen-bond donors (Lipinski definition) is 1. The van der Waals surface area contributed by atoms with Crippen LogP contribution in [0.5, 0.6) is 0 Å². The number of aromatic nitrogens is 1.